The molecule has 154 valence electrons. The van der Waals surface area contributed by atoms with Gasteiger partial charge in [-0.25, -0.2) is 17.2 Å². The smallest absolute Gasteiger partial charge is 0.368 e. The van der Waals surface area contributed by atoms with E-state index >= 15 is 0 Å². The van der Waals surface area contributed by atoms with Crippen molar-refractivity contribution >= 4 is 31.6 Å². The Bertz CT molecular complexity index is 1120. The first-order chi connectivity index (χ1) is 14.0. The number of hydrogen-bond donors (Lipinski definition) is 2. The Labute approximate surface area is 169 Å². The van der Waals surface area contributed by atoms with Gasteiger partial charge >= 0.3 is 6.18 Å². The average Bonchev–Trinajstić information content (AvgIpc) is 3.01. The van der Waals surface area contributed by atoms with Crippen molar-refractivity contribution in [1.29, 1.82) is 0 Å². The summed E-state index contributed by atoms with van der Waals surface area (Å²) in [5, 5.41) is 0. The number of aromatic amines is 1. The zero-order valence-electron chi connectivity index (χ0n) is 16.8. The lowest BCUT2D eigenvalue weighted by Crippen LogP contribution is -2.51. The van der Waals surface area contributed by atoms with Crippen LogP contribution in [0.5, 0.6) is 0 Å². The molecule has 0 fully saturated rings. The first-order valence-corrected chi connectivity index (χ1v) is 9.96. The number of rotatable bonds is 4. The molecule has 1 aliphatic carbocycles. The third kappa shape index (κ3) is 3.52. The van der Waals surface area contributed by atoms with Crippen LogP contribution in [0.2, 0.25) is 0 Å². The Morgan fingerprint density at radius 3 is 2.68 bits per heavy atom. The average molecular weight is 492 g/mol. The van der Waals surface area contributed by atoms with Crippen LogP contribution in [0, 0.1) is 11.6 Å². The molecule has 0 radical (unpaired) electrons. The van der Waals surface area contributed by atoms with E-state index in [-0.39, 0.29) is 15.7 Å². The van der Waals surface area contributed by atoms with E-state index in [0.29, 0.717) is 12.1 Å². The first kappa shape index (κ1) is 17.2. The van der Waals surface area contributed by atoms with Gasteiger partial charge in [-0.05, 0) is 40.4 Å². The van der Waals surface area contributed by atoms with Gasteiger partial charge in [0.2, 0.25) is 0 Å². The Morgan fingerprint density at radius 1 is 1.32 bits per heavy atom. The molecule has 0 saturated carbocycles. The van der Waals surface area contributed by atoms with Crippen molar-refractivity contribution in [3.05, 3.63) is 45.7 Å². The van der Waals surface area contributed by atoms with Crippen LogP contribution < -0.4 is 4.72 Å². The Kier molecular flexibility index (Phi) is 4.30. The molecule has 0 saturated heterocycles. The molecule has 0 amide bonds. The summed E-state index contributed by atoms with van der Waals surface area (Å²) in [7, 11) is -7.84. The molecular formula is C16H14BrF5N2O3S. The van der Waals surface area contributed by atoms with E-state index in [1.807, 2.05) is 4.72 Å². The van der Waals surface area contributed by atoms with Gasteiger partial charge in [0.25, 0.3) is 10.0 Å². The number of alkyl halides is 3. The quantitative estimate of drug-likeness (QED) is 0.494. The van der Waals surface area contributed by atoms with Crippen molar-refractivity contribution in [2.24, 2.45) is 0 Å². The second-order valence-corrected chi connectivity index (χ2v) is 8.74. The summed E-state index contributed by atoms with van der Waals surface area (Å²) in [6.07, 6.45) is -6.42. The van der Waals surface area contributed by atoms with E-state index < -0.39 is 70.3 Å². The van der Waals surface area contributed by atoms with Gasteiger partial charge in [0, 0.05) is 31.4 Å². The number of aromatic nitrogens is 1. The fourth-order valence-corrected chi connectivity index (χ4v) is 4.67. The Balaban J connectivity index is 1.96. The van der Waals surface area contributed by atoms with E-state index in [4.69, 9.17) is 4.11 Å². The maximum absolute atomic E-state index is 14.0. The number of sulfonamides is 1. The maximum Gasteiger partial charge on any atom is 0.417 e. The number of anilines is 1. The normalized spacial score (nSPS) is 22.1. The second-order valence-electron chi connectivity index (χ2n) is 6.23. The minimum Gasteiger partial charge on any atom is -0.368 e. The predicted octanol–water partition coefficient (Wildman–Crippen LogP) is 4.29. The highest BCUT2D eigenvalue weighted by Crippen LogP contribution is 2.44. The van der Waals surface area contributed by atoms with Gasteiger partial charge in [-0.1, -0.05) is 0 Å². The SMILES string of the molecule is [2H]C([2H])([2H])O[C@]1(C(F)(F)F)CCc2c(S(=O)(=O)Nc3cc(F)c(Br)cc3F)c[nH]c2C1. The number of fused-ring (bicyclic) bond motifs is 1. The summed E-state index contributed by atoms with van der Waals surface area (Å²) < 4.78 is 121. The molecule has 0 bridgehead atoms. The van der Waals surface area contributed by atoms with Gasteiger partial charge in [-0.2, -0.15) is 13.2 Å². The highest BCUT2D eigenvalue weighted by atomic mass is 79.9. The summed E-state index contributed by atoms with van der Waals surface area (Å²) in [6, 6.07) is 1.32. The molecule has 0 aliphatic heterocycles. The Hall–Kier alpha value is -1.66. The highest BCUT2D eigenvalue weighted by molar-refractivity contribution is 9.10. The minimum atomic E-state index is -5.04. The van der Waals surface area contributed by atoms with Crippen molar-refractivity contribution in [3.63, 3.8) is 0 Å². The van der Waals surface area contributed by atoms with Gasteiger partial charge in [0.1, 0.15) is 16.5 Å². The fraction of sp³-hybridized carbons (Fsp3) is 0.375. The number of methoxy groups -OCH3 is 1. The molecule has 28 heavy (non-hydrogen) atoms. The lowest BCUT2D eigenvalue weighted by molar-refractivity contribution is -0.273. The van der Waals surface area contributed by atoms with Crippen LogP contribution in [0.4, 0.5) is 27.6 Å². The second kappa shape index (κ2) is 6.99. The molecule has 3 rings (SSSR count). The number of benzene rings is 1. The molecule has 1 aromatic heterocycles. The molecule has 2 N–H and O–H groups in total. The summed E-state index contributed by atoms with van der Waals surface area (Å²) in [5.41, 5.74) is -3.94. The topological polar surface area (TPSA) is 71.2 Å². The van der Waals surface area contributed by atoms with Crippen molar-refractivity contribution in [1.82, 2.24) is 4.98 Å². The van der Waals surface area contributed by atoms with E-state index in [2.05, 4.69) is 25.7 Å². The molecule has 0 unspecified atom stereocenters. The number of hydrogen-bond acceptors (Lipinski definition) is 3. The van der Waals surface area contributed by atoms with Gasteiger partial charge in [-0.15, -0.1) is 0 Å². The van der Waals surface area contributed by atoms with Crippen molar-refractivity contribution < 1.29 is 39.2 Å². The van der Waals surface area contributed by atoms with E-state index in [9.17, 15) is 30.4 Å². The van der Waals surface area contributed by atoms with Gasteiger partial charge in [0.05, 0.1) is 14.3 Å². The monoisotopic (exact) mass is 491 g/mol. The first-order valence-electron chi connectivity index (χ1n) is 9.18. The van der Waals surface area contributed by atoms with Crippen molar-refractivity contribution in [2.45, 2.75) is 35.9 Å². The molecule has 5 nitrogen and oxygen atoms in total. The number of ether oxygens (including phenoxy) is 1. The third-order valence-corrected chi connectivity index (χ3v) is 6.58. The van der Waals surface area contributed by atoms with Crippen LogP contribution in [0.25, 0.3) is 0 Å². The molecular weight excluding hydrogens is 475 g/mol. The molecule has 12 heteroatoms. The molecule has 1 aliphatic rings. The van der Waals surface area contributed by atoms with Crippen LogP contribution in [0.15, 0.2) is 27.7 Å². The minimum absolute atomic E-state index is 0.0282. The third-order valence-electron chi connectivity index (χ3n) is 4.54. The van der Waals surface area contributed by atoms with E-state index in [1.54, 1.807) is 0 Å². The summed E-state index contributed by atoms with van der Waals surface area (Å²) in [4.78, 5) is 1.94. The van der Waals surface area contributed by atoms with Gasteiger partial charge in [0.15, 0.2) is 5.60 Å². The number of nitrogens with one attached hydrogen (secondary N) is 2. The summed E-state index contributed by atoms with van der Waals surface area (Å²) in [5.74, 6) is -2.02. The van der Waals surface area contributed by atoms with Crippen LogP contribution in [-0.2, 0) is 27.6 Å². The van der Waals surface area contributed by atoms with Crippen LogP contribution in [0.1, 0.15) is 21.8 Å². The van der Waals surface area contributed by atoms with E-state index in [1.165, 1.54) is 0 Å². The molecule has 2 aromatic rings. The van der Waals surface area contributed by atoms with Crippen LogP contribution in [0.3, 0.4) is 0 Å². The standard InChI is InChI=1S/C16H14BrF5N2O3S/c1-27-15(16(20,21)22)3-2-8-13(6-15)23-7-14(8)28(25,26)24-12-5-10(18)9(17)4-11(12)19/h4-5,7,23-24H,2-3,6H2,1H3/t15-/m1/s1/i1D3. The summed E-state index contributed by atoms with van der Waals surface area (Å²) >= 11 is 2.75. The fourth-order valence-electron chi connectivity index (χ4n) is 3.04. The van der Waals surface area contributed by atoms with Crippen molar-refractivity contribution in [3.8, 4) is 0 Å². The predicted molar refractivity (Wildman–Crippen MR) is 93.5 cm³/mol. The molecule has 1 atom stereocenters. The Morgan fingerprint density at radius 2 is 2.04 bits per heavy atom. The number of halogens is 6. The van der Waals surface area contributed by atoms with Crippen molar-refractivity contribution in [2.75, 3.05) is 11.8 Å². The zero-order chi connectivity index (χ0) is 23.4. The summed E-state index contributed by atoms with van der Waals surface area (Å²) in [6.45, 7) is 0. The lowest BCUT2D eigenvalue weighted by Gasteiger charge is -2.37. The van der Waals surface area contributed by atoms with Gasteiger partial charge < -0.3 is 9.72 Å². The largest absolute Gasteiger partial charge is 0.417 e. The highest BCUT2D eigenvalue weighted by Gasteiger charge is 2.57. The molecule has 1 heterocycles. The number of H-pyrrole nitrogens is 1. The maximum atomic E-state index is 14.0. The van der Waals surface area contributed by atoms with Crippen LogP contribution >= 0.6 is 15.9 Å². The van der Waals surface area contributed by atoms with Gasteiger partial charge in [-0.3, -0.25) is 4.72 Å². The molecule has 1 aromatic carbocycles. The lowest BCUT2D eigenvalue weighted by atomic mass is 9.83. The molecule has 0 spiro atoms. The van der Waals surface area contributed by atoms with Crippen LogP contribution in [-0.4, -0.2) is 32.2 Å². The zero-order valence-corrected chi connectivity index (χ0v) is 16.2. The van der Waals surface area contributed by atoms with E-state index in [0.717, 1.165) is 6.20 Å².